The highest BCUT2D eigenvalue weighted by atomic mass is 19.1. The molecule has 0 aliphatic heterocycles. The zero-order chi connectivity index (χ0) is 15.2. The van der Waals surface area contributed by atoms with E-state index in [0.717, 1.165) is 22.6 Å². The molecule has 0 aliphatic rings. The third-order valence-electron chi connectivity index (χ3n) is 3.09. The molecule has 0 saturated heterocycles. The van der Waals surface area contributed by atoms with Crippen LogP contribution < -0.4 is 15.2 Å². The molecular formula is C17H20FNO2. The molecule has 3 nitrogen and oxygen atoms in total. The van der Waals surface area contributed by atoms with Crippen LogP contribution >= 0.6 is 0 Å². The zero-order valence-electron chi connectivity index (χ0n) is 12.3. The van der Waals surface area contributed by atoms with Crippen LogP contribution in [0.2, 0.25) is 0 Å². The predicted molar refractivity (Wildman–Crippen MR) is 81.1 cm³/mol. The second kappa shape index (κ2) is 7.09. The molecule has 1 unspecified atom stereocenters. The second-order valence-corrected chi connectivity index (χ2v) is 5.07. The molecule has 0 spiro atoms. The molecule has 0 radical (unpaired) electrons. The fraction of sp³-hybridized carbons (Fsp3) is 0.294. The molecule has 112 valence electrons. The van der Waals surface area contributed by atoms with Crippen molar-refractivity contribution in [1.82, 2.24) is 0 Å². The summed E-state index contributed by atoms with van der Waals surface area (Å²) in [6.07, 6.45) is 0.690. The van der Waals surface area contributed by atoms with Crippen molar-refractivity contribution in [3.8, 4) is 11.5 Å². The van der Waals surface area contributed by atoms with Gasteiger partial charge in [0.1, 0.15) is 23.9 Å². The van der Waals surface area contributed by atoms with E-state index in [-0.39, 0.29) is 11.9 Å². The van der Waals surface area contributed by atoms with E-state index in [0.29, 0.717) is 13.0 Å². The highest BCUT2D eigenvalue weighted by molar-refractivity contribution is 5.41. The Labute approximate surface area is 124 Å². The van der Waals surface area contributed by atoms with Crippen LogP contribution in [0.3, 0.4) is 0 Å². The lowest BCUT2D eigenvalue weighted by molar-refractivity contribution is 0.301. The first-order valence-corrected chi connectivity index (χ1v) is 6.88. The van der Waals surface area contributed by atoms with E-state index in [2.05, 4.69) is 0 Å². The molecule has 0 fully saturated rings. The Morgan fingerprint density at radius 1 is 1.19 bits per heavy atom. The molecule has 0 aliphatic carbocycles. The monoisotopic (exact) mass is 289 g/mol. The molecule has 0 saturated carbocycles. The van der Waals surface area contributed by atoms with E-state index in [1.54, 1.807) is 13.2 Å². The topological polar surface area (TPSA) is 44.5 Å². The largest absolute Gasteiger partial charge is 0.497 e. The number of nitrogens with two attached hydrogens (primary N) is 1. The van der Waals surface area contributed by atoms with Gasteiger partial charge in [0.05, 0.1) is 7.11 Å². The van der Waals surface area contributed by atoms with Crippen LogP contribution in [0.1, 0.15) is 18.1 Å². The van der Waals surface area contributed by atoms with Crippen molar-refractivity contribution in [2.24, 2.45) is 5.73 Å². The van der Waals surface area contributed by atoms with E-state index in [4.69, 9.17) is 15.2 Å². The van der Waals surface area contributed by atoms with Gasteiger partial charge in [-0.25, -0.2) is 4.39 Å². The average molecular weight is 289 g/mol. The summed E-state index contributed by atoms with van der Waals surface area (Å²) in [5.74, 6) is 1.25. The van der Waals surface area contributed by atoms with E-state index in [1.165, 1.54) is 12.1 Å². The predicted octanol–water partition coefficient (Wildman–Crippen LogP) is 3.30. The quantitative estimate of drug-likeness (QED) is 0.887. The van der Waals surface area contributed by atoms with Crippen LogP contribution in [0.25, 0.3) is 0 Å². The van der Waals surface area contributed by atoms with Gasteiger partial charge in [-0.15, -0.1) is 0 Å². The van der Waals surface area contributed by atoms with E-state index < -0.39 is 0 Å². The average Bonchev–Trinajstić information content (AvgIpc) is 2.45. The van der Waals surface area contributed by atoms with Gasteiger partial charge in [0.2, 0.25) is 0 Å². The maximum absolute atomic E-state index is 13.2. The fourth-order valence-corrected chi connectivity index (χ4v) is 2.12. The van der Waals surface area contributed by atoms with Gasteiger partial charge < -0.3 is 15.2 Å². The summed E-state index contributed by atoms with van der Waals surface area (Å²) in [4.78, 5) is 0. The Balaban J connectivity index is 2.14. The van der Waals surface area contributed by atoms with Gasteiger partial charge in [-0.3, -0.25) is 0 Å². The number of hydrogen-bond acceptors (Lipinski definition) is 3. The lowest BCUT2D eigenvalue weighted by atomic mass is 10.1. The van der Waals surface area contributed by atoms with Crippen LogP contribution in [0, 0.1) is 5.82 Å². The molecule has 0 bridgehead atoms. The number of ether oxygens (including phenoxy) is 2. The fourth-order valence-electron chi connectivity index (χ4n) is 2.12. The molecule has 4 heteroatoms. The number of hydrogen-bond donors (Lipinski definition) is 1. The molecule has 1 atom stereocenters. The highest BCUT2D eigenvalue weighted by Gasteiger charge is 2.09. The van der Waals surface area contributed by atoms with Gasteiger partial charge in [-0.05, 0) is 54.8 Å². The standard InChI is InChI=1S/C17H20FNO2/c1-12(19)8-14-10-16(20-2)6-7-17(14)21-11-13-4-3-5-15(18)9-13/h3-7,9-10,12H,8,11,19H2,1-2H3. The minimum Gasteiger partial charge on any atom is -0.497 e. The second-order valence-electron chi connectivity index (χ2n) is 5.07. The van der Waals surface area contributed by atoms with Crippen molar-refractivity contribution in [1.29, 1.82) is 0 Å². The summed E-state index contributed by atoms with van der Waals surface area (Å²) >= 11 is 0. The maximum Gasteiger partial charge on any atom is 0.123 e. The molecule has 2 aromatic rings. The van der Waals surface area contributed by atoms with E-state index >= 15 is 0 Å². The van der Waals surface area contributed by atoms with Crippen LogP contribution in [-0.4, -0.2) is 13.2 Å². The van der Waals surface area contributed by atoms with Gasteiger partial charge in [0.25, 0.3) is 0 Å². The normalized spacial score (nSPS) is 12.0. The lowest BCUT2D eigenvalue weighted by Crippen LogP contribution is -2.18. The molecule has 0 heterocycles. The summed E-state index contributed by atoms with van der Waals surface area (Å²) in [6.45, 7) is 2.26. The zero-order valence-corrected chi connectivity index (χ0v) is 12.3. The molecular weight excluding hydrogens is 269 g/mol. The van der Waals surface area contributed by atoms with Crippen molar-refractivity contribution in [3.63, 3.8) is 0 Å². The lowest BCUT2D eigenvalue weighted by Gasteiger charge is -2.14. The first kappa shape index (κ1) is 15.3. The van der Waals surface area contributed by atoms with Crippen molar-refractivity contribution in [2.75, 3.05) is 7.11 Å². The minimum absolute atomic E-state index is 0.0219. The third-order valence-corrected chi connectivity index (χ3v) is 3.09. The molecule has 0 aromatic heterocycles. The summed E-state index contributed by atoms with van der Waals surface area (Å²) in [6, 6.07) is 12.0. The molecule has 0 amide bonds. The van der Waals surface area contributed by atoms with Crippen LogP contribution in [0.15, 0.2) is 42.5 Å². The third kappa shape index (κ3) is 4.46. The van der Waals surface area contributed by atoms with E-state index in [1.807, 2.05) is 31.2 Å². The van der Waals surface area contributed by atoms with Gasteiger partial charge in [0.15, 0.2) is 0 Å². The van der Waals surface area contributed by atoms with Gasteiger partial charge in [-0.2, -0.15) is 0 Å². The Morgan fingerprint density at radius 2 is 2.00 bits per heavy atom. The molecule has 2 N–H and O–H groups in total. The first-order chi connectivity index (χ1) is 10.1. The number of benzene rings is 2. The summed E-state index contributed by atoms with van der Waals surface area (Å²) in [7, 11) is 1.62. The Hall–Kier alpha value is -2.07. The Bertz CT molecular complexity index is 599. The summed E-state index contributed by atoms with van der Waals surface area (Å²) in [5.41, 5.74) is 7.64. The SMILES string of the molecule is COc1ccc(OCc2cccc(F)c2)c(CC(C)N)c1. The maximum atomic E-state index is 13.2. The summed E-state index contributed by atoms with van der Waals surface area (Å²) < 4.78 is 24.2. The molecule has 2 rings (SSSR count). The van der Waals surface area contributed by atoms with Gasteiger partial charge >= 0.3 is 0 Å². The molecule has 2 aromatic carbocycles. The Kier molecular flexibility index (Phi) is 5.17. The van der Waals surface area contributed by atoms with Crippen LogP contribution in [0.4, 0.5) is 4.39 Å². The van der Waals surface area contributed by atoms with E-state index in [9.17, 15) is 4.39 Å². The smallest absolute Gasteiger partial charge is 0.123 e. The van der Waals surface area contributed by atoms with Crippen molar-refractivity contribution >= 4 is 0 Å². The number of rotatable bonds is 6. The molecule has 21 heavy (non-hydrogen) atoms. The van der Waals surface area contributed by atoms with Crippen molar-refractivity contribution in [2.45, 2.75) is 26.0 Å². The Morgan fingerprint density at radius 3 is 2.67 bits per heavy atom. The van der Waals surface area contributed by atoms with Gasteiger partial charge in [0, 0.05) is 6.04 Å². The minimum atomic E-state index is -0.262. The van der Waals surface area contributed by atoms with Crippen molar-refractivity contribution in [3.05, 3.63) is 59.4 Å². The van der Waals surface area contributed by atoms with Crippen molar-refractivity contribution < 1.29 is 13.9 Å². The number of halogens is 1. The van der Waals surface area contributed by atoms with Crippen LogP contribution in [-0.2, 0) is 13.0 Å². The van der Waals surface area contributed by atoms with Crippen LogP contribution in [0.5, 0.6) is 11.5 Å². The first-order valence-electron chi connectivity index (χ1n) is 6.88. The number of methoxy groups -OCH3 is 1. The van der Waals surface area contributed by atoms with Gasteiger partial charge in [-0.1, -0.05) is 12.1 Å². The highest BCUT2D eigenvalue weighted by Crippen LogP contribution is 2.26. The summed E-state index contributed by atoms with van der Waals surface area (Å²) in [5, 5.41) is 0.